The largest absolute Gasteiger partial charge is 0.494 e. The summed E-state index contributed by atoms with van der Waals surface area (Å²) in [6, 6.07) is 7.86. The van der Waals surface area contributed by atoms with Gasteiger partial charge < -0.3 is 15.2 Å². The van der Waals surface area contributed by atoms with Crippen molar-refractivity contribution >= 4 is 11.4 Å². The molecule has 0 aromatic heterocycles. The molecular weight excluding hydrogens is 280 g/mol. The highest BCUT2D eigenvalue weighted by Gasteiger charge is 2.29. The molecule has 112 valence electrons. The first-order chi connectivity index (χ1) is 10.7. The Labute approximate surface area is 128 Å². The van der Waals surface area contributed by atoms with Crippen LogP contribution in [0.2, 0.25) is 0 Å². The Morgan fingerprint density at radius 1 is 1.45 bits per heavy atom. The predicted molar refractivity (Wildman–Crippen MR) is 83.4 cm³/mol. The van der Waals surface area contributed by atoms with Crippen molar-refractivity contribution in [1.82, 2.24) is 0 Å². The third-order valence-electron chi connectivity index (χ3n) is 3.67. The molecule has 22 heavy (non-hydrogen) atoms. The van der Waals surface area contributed by atoms with E-state index < -0.39 is 0 Å². The monoisotopic (exact) mass is 296 g/mol. The topological polar surface area (TPSA) is 83.9 Å². The lowest BCUT2D eigenvalue weighted by molar-refractivity contribution is 0.199. The van der Waals surface area contributed by atoms with Crippen molar-refractivity contribution in [3.63, 3.8) is 0 Å². The van der Waals surface area contributed by atoms with E-state index in [4.69, 9.17) is 15.2 Å². The summed E-state index contributed by atoms with van der Waals surface area (Å²) >= 11 is 0. The molecular formula is C16H16N4O2. The average Bonchev–Trinajstić information content (AvgIpc) is 2.54. The van der Waals surface area contributed by atoms with Gasteiger partial charge in [-0.3, -0.25) is 0 Å². The van der Waals surface area contributed by atoms with E-state index in [1.807, 2.05) is 31.2 Å². The minimum atomic E-state index is 0.298. The van der Waals surface area contributed by atoms with E-state index in [-0.39, 0.29) is 0 Å². The number of nitrogens with two attached hydrogens (primary N) is 1. The number of ether oxygens (including phenoxy) is 2. The number of nitrogens with zero attached hydrogens (tertiary/aromatic N) is 3. The number of methoxy groups -OCH3 is 1. The quantitative estimate of drug-likeness (QED) is 0.900. The van der Waals surface area contributed by atoms with Gasteiger partial charge in [-0.1, -0.05) is 12.1 Å². The maximum absolute atomic E-state index is 9.48. The van der Waals surface area contributed by atoms with Crippen LogP contribution in [0.1, 0.15) is 5.56 Å². The smallest absolute Gasteiger partial charge is 0.144 e. The number of aryl methyl sites for hydroxylation is 1. The highest BCUT2D eigenvalue weighted by atomic mass is 16.5. The van der Waals surface area contributed by atoms with E-state index in [0.717, 1.165) is 16.8 Å². The molecule has 0 atom stereocenters. The van der Waals surface area contributed by atoms with Gasteiger partial charge in [0.2, 0.25) is 0 Å². The number of benzene rings is 1. The van der Waals surface area contributed by atoms with Crippen LogP contribution in [0, 0.1) is 18.3 Å². The van der Waals surface area contributed by atoms with Gasteiger partial charge in [0.25, 0.3) is 0 Å². The molecule has 6 nitrogen and oxygen atoms in total. The number of allylic oxidation sites excluding steroid dienone is 1. The molecule has 0 fully saturated rings. The molecule has 0 radical (unpaired) electrons. The van der Waals surface area contributed by atoms with Gasteiger partial charge in [-0.2, -0.15) is 10.4 Å². The molecule has 0 saturated carbocycles. The van der Waals surface area contributed by atoms with Crippen LogP contribution in [-0.2, 0) is 4.74 Å². The van der Waals surface area contributed by atoms with Gasteiger partial charge in [0, 0.05) is 5.57 Å². The molecule has 3 rings (SSSR count). The number of para-hydroxylation sites is 1. The van der Waals surface area contributed by atoms with E-state index in [0.29, 0.717) is 36.1 Å². The maximum atomic E-state index is 9.48. The summed E-state index contributed by atoms with van der Waals surface area (Å²) in [5, 5.41) is 15.6. The Balaban J connectivity index is 2.20. The highest BCUT2D eigenvalue weighted by Crippen LogP contribution is 2.37. The number of fused-ring (bicyclic) bond motifs is 1. The van der Waals surface area contributed by atoms with Crippen molar-refractivity contribution in [2.75, 3.05) is 25.3 Å². The summed E-state index contributed by atoms with van der Waals surface area (Å²) in [4.78, 5) is 0. The maximum Gasteiger partial charge on any atom is 0.144 e. The third kappa shape index (κ3) is 2.12. The van der Waals surface area contributed by atoms with Crippen molar-refractivity contribution in [3.8, 4) is 11.8 Å². The van der Waals surface area contributed by atoms with Gasteiger partial charge in [-0.05, 0) is 24.6 Å². The molecule has 0 spiro atoms. The molecule has 0 bridgehead atoms. The summed E-state index contributed by atoms with van der Waals surface area (Å²) in [5.74, 6) is 0.945. The van der Waals surface area contributed by atoms with Crippen LogP contribution >= 0.6 is 0 Å². The zero-order valence-electron chi connectivity index (χ0n) is 12.5. The normalized spacial score (nSPS) is 17.4. The van der Waals surface area contributed by atoms with Gasteiger partial charge in [-0.25, -0.2) is 5.01 Å². The Kier molecular flexibility index (Phi) is 3.57. The Morgan fingerprint density at radius 3 is 3.00 bits per heavy atom. The minimum Gasteiger partial charge on any atom is -0.494 e. The zero-order chi connectivity index (χ0) is 15.7. The molecule has 0 amide bonds. The second-order valence-electron chi connectivity index (χ2n) is 4.99. The number of anilines is 1. The van der Waals surface area contributed by atoms with Crippen molar-refractivity contribution in [1.29, 1.82) is 5.26 Å². The summed E-state index contributed by atoms with van der Waals surface area (Å²) in [6.45, 7) is 2.76. The summed E-state index contributed by atoms with van der Waals surface area (Å²) in [5.41, 5.74) is 9.76. The van der Waals surface area contributed by atoms with Crippen molar-refractivity contribution in [3.05, 3.63) is 46.8 Å². The van der Waals surface area contributed by atoms with Crippen LogP contribution in [-0.4, -0.2) is 26.0 Å². The van der Waals surface area contributed by atoms with Crippen LogP contribution in [0.25, 0.3) is 0 Å². The van der Waals surface area contributed by atoms with E-state index in [9.17, 15) is 5.26 Å². The fourth-order valence-corrected chi connectivity index (χ4v) is 2.60. The Morgan fingerprint density at radius 2 is 2.27 bits per heavy atom. The Hall–Kier alpha value is -2.78. The van der Waals surface area contributed by atoms with Crippen molar-refractivity contribution in [2.24, 2.45) is 10.8 Å². The average molecular weight is 296 g/mol. The highest BCUT2D eigenvalue weighted by molar-refractivity contribution is 6.08. The minimum absolute atomic E-state index is 0.298. The fraction of sp³-hybridized carbons (Fsp3) is 0.250. The molecule has 0 aliphatic carbocycles. The van der Waals surface area contributed by atoms with Gasteiger partial charge >= 0.3 is 0 Å². The molecule has 0 unspecified atom stereocenters. The van der Waals surface area contributed by atoms with Crippen molar-refractivity contribution < 1.29 is 9.47 Å². The molecule has 1 aromatic rings. The number of rotatable bonds is 2. The lowest BCUT2D eigenvalue weighted by Gasteiger charge is -2.30. The lowest BCUT2D eigenvalue weighted by Crippen LogP contribution is -2.35. The first-order valence-corrected chi connectivity index (χ1v) is 6.87. The number of hydrazone groups is 1. The van der Waals surface area contributed by atoms with Crippen LogP contribution in [0.5, 0.6) is 5.75 Å². The van der Waals surface area contributed by atoms with E-state index in [1.54, 1.807) is 12.1 Å². The van der Waals surface area contributed by atoms with E-state index in [1.165, 1.54) is 0 Å². The second-order valence-corrected chi connectivity index (χ2v) is 4.99. The Bertz CT molecular complexity index is 756. The van der Waals surface area contributed by atoms with Crippen LogP contribution in [0.15, 0.2) is 46.3 Å². The summed E-state index contributed by atoms with van der Waals surface area (Å²) in [7, 11) is 1.59. The van der Waals surface area contributed by atoms with Gasteiger partial charge in [0.1, 0.15) is 28.9 Å². The molecule has 0 saturated heterocycles. The number of hydrogen-bond donors (Lipinski definition) is 1. The lowest BCUT2D eigenvalue weighted by atomic mass is 9.99. The van der Waals surface area contributed by atoms with Gasteiger partial charge in [0.15, 0.2) is 0 Å². The fourth-order valence-electron chi connectivity index (χ4n) is 2.60. The first-order valence-electron chi connectivity index (χ1n) is 6.87. The van der Waals surface area contributed by atoms with Crippen molar-refractivity contribution in [2.45, 2.75) is 6.92 Å². The van der Waals surface area contributed by atoms with Gasteiger partial charge in [0.05, 0.1) is 26.0 Å². The number of nitriles is 1. The predicted octanol–water partition coefficient (Wildman–Crippen LogP) is 1.83. The van der Waals surface area contributed by atoms with Crippen LogP contribution in [0.3, 0.4) is 0 Å². The van der Waals surface area contributed by atoms with E-state index in [2.05, 4.69) is 11.2 Å². The molecule has 2 heterocycles. The first kappa shape index (κ1) is 14.2. The zero-order valence-corrected chi connectivity index (χ0v) is 12.5. The molecule has 2 aliphatic heterocycles. The molecule has 1 aromatic carbocycles. The van der Waals surface area contributed by atoms with Crippen LogP contribution in [0.4, 0.5) is 5.69 Å². The standard InChI is InChI=1S/C16H16N4O2/c1-10-4-3-5-14(21-2)15(10)20-16(18)12(8-17)11-6-7-22-9-13(11)19-20/h3-6H,7,9,18H2,1-2H3. The number of hydrogen-bond acceptors (Lipinski definition) is 6. The molecule has 2 N–H and O–H groups in total. The SMILES string of the molecule is COc1cccc(C)c1N1N=C2COCC=C2C(C#N)=C1N. The summed E-state index contributed by atoms with van der Waals surface area (Å²) < 4.78 is 10.8. The van der Waals surface area contributed by atoms with Crippen LogP contribution < -0.4 is 15.5 Å². The van der Waals surface area contributed by atoms with E-state index >= 15 is 0 Å². The molecule has 6 heteroatoms. The third-order valence-corrected chi connectivity index (χ3v) is 3.67. The van der Waals surface area contributed by atoms with Gasteiger partial charge in [-0.15, -0.1) is 0 Å². The molecule has 2 aliphatic rings. The second kappa shape index (κ2) is 5.54. The summed E-state index contributed by atoms with van der Waals surface area (Å²) in [6.07, 6.45) is 1.83.